The topological polar surface area (TPSA) is 80.8 Å². The lowest BCUT2D eigenvalue weighted by Crippen LogP contribution is -2.49. The second kappa shape index (κ2) is 8.43. The first-order valence-electron chi connectivity index (χ1n) is 11.1. The number of rotatable bonds is 4. The van der Waals surface area contributed by atoms with Gasteiger partial charge in [0.2, 0.25) is 0 Å². The molecular weight excluding hydrogens is 404 g/mol. The second-order valence-corrected chi connectivity index (χ2v) is 9.07. The van der Waals surface area contributed by atoms with Gasteiger partial charge in [-0.15, -0.1) is 0 Å². The van der Waals surface area contributed by atoms with Gasteiger partial charge in [-0.05, 0) is 44.5 Å². The van der Waals surface area contributed by atoms with Crippen LogP contribution in [0.5, 0.6) is 0 Å². The van der Waals surface area contributed by atoms with Crippen molar-refractivity contribution in [2.75, 3.05) is 50.5 Å². The van der Waals surface area contributed by atoms with Gasteiger partial charge in [0, 0.05) is 58.1 Å². The molecule has 0 atom stereocenters. The van der Waals surface area contributed by atoms with E-state index < -0.39 is 0 Å². The summed E-state index contributed by atoms with van der Waals surface area (Å²) in [6, 6.07) is 10.1. The number of nitrogens with zero attached hydrogens (tertiary/aromatic N) is 4. The molecule has 8 nitrogen and oxygen atoms in total. The lowest BCUT2D eigenvalue weighted by Gasteiger charge is -2.41. The van der Waals surface area contributed by atoms with Crippen LogP contribution in [0.4, 0.5) is 16.2 Å². The van der Waals surface area contributed by atoms with Crippen molar-refractivity contribution in [2.24, 2.45) is 0 Å². The highest BCUT2D eigenvalue weighted by molar-refractivity contribution is 5.93. The number of benzene rings is 1. The number of carbonyl (C=O) groups excluding carboxylic acids is 2. The van der Waals surface area contributed by atoms with Crippen LogP contribution in [0.2, 0.25) is 0 Å². The first kappa shape index (κ1) is 22.1. The molecule has 2 aliphatic heterocycles. The first-order chi connectivity index (χ1) is 15.2. The number of hydrogen-bond donors (Lipinski definition) is 2. The van der Waals surface area contributed by atoms with Gasteiger partial charge < -0.3 is 20.4 Å². The van der Waals surface area contributed by atoms with Crippen molar-refractivity contribution in [3.8, 4) is 0 Å². The van der Waals surface area contributed by atoms with Crippen molar-refractivity contribution in [2.45, 2.75) is 32.9 Å². The third-order valence-electron chi connectivity index (χ3n) is 6.76. The average Bonchev–Trinajstić information content (AvgIpc) is 2.77. The minimum absolute atomic E-state index is 0.0697. The molecule has 4 rings (SSSR count). The Labute approximate surface area is 189 Å². The Kier molecular flexibility index (Phi) is 5.81. The Hall–Kier alpha value is -3.13. The molecular formula is C24H32N6O2. The number of carbonyl (C=O) groups is 2. The van der Waals surface area contributed by atoms with Gasteiger partial charge in [-0.3, -0.25) is 9.69 Å². The summed E-state index contributed by atoms with van der Waals surface area (Å²) < 4.78 is 0. The molecule has 3 heterocycles. The molecule has 170 valence electrons. The molecule has 0 bridgehead atoms. The number of aromatic nitrogens is 1. The van der Waals surface area contributed by atoms with E-state index >= 15 is 0 Å². The maximum Gasteiger partial charge on any atom is 0.322 e. The smallest absolute Gasteiger partial charge is 0.322 e. The van der Waals surface area contributed by atoms with E-state index in [9.17, 15) is 9.59 Å². The van der Waals surface area contributed by atoms with Gasteiger partial charge in [0.15, 0.2) is 0 Å². The summed E-state index contributed by atoms with van der Waals surface area (Å²) in [7, 11) is 3.44. The molecule has 2 N–H and O–H groups in total. The number of hydrogen-bond acceptors (Lipinski definition) is 5. The number of amides is 3. The van der Waals surface area contributed by atoms with Gasteiger partial charge in [0.05, 0.1) is 16.9 Å². The third-order valence-corrected chi connectivity index (χ3v) is 6.76. The van der Waals surface area contributed by atoms with Crippen LogP contribution in [0.3, 0.4) is 0 Å². The molecule has 2 aromatic rings. The minimum Gasteiger partial charge on any atom is -0.368 e. The summed E-state index contributed by atoms with van der Waals surface area (Å²) in [6.45, 7) is 10.6. The van der Waals surface area contributed by atoms with Gasteiger partial charge >= 0.3 is 6.03 Å². The third kappa shape index (κ3) is 4.02. The van der Waals surface area contributed by atoms with Gasteiger partial charge in [-0.1, -0.05) is 12.1 Å². The summed E-state index contributed by atoms with van der Waals surface area (Å²) in [5, 5.41) is 5.64. The lowest BCUT2D eigenvalue weighted by molar-refractivity contribution is 0.0958. The van der Waals surface area contributed by atoms with Crippen molar-refractivity contribution >= 4 is 23.3 Å². The number of nitrogens with one attached hydrogen (secondary N) is 2. The van der Waals surface area contributed by atoms with Gasteiger partial charge in [0.1, 0.15) is 5.69 Å². The average molecular weight is 437 g/mol. The van der Waals surface area contributed by atoms with E-state index in [0.717, 1.165) is 55.4 Å². The minimum atomic E-state index is -0.332. The predicted octanol–water partition coefficient (Wildman–Crippen LogP) is 2.78. The van der Waals surface area contributed by atoms with Crippen LogP contribution in [-0.2, 0) is 12.1 Å². The molecule has 2 aliphatic rings. The predicted molar refractivity (Wildman–Crippen MR) is 126 cm³/mol. The molecule has 0 radical (unpaired) electrons. The van der Waals surface area contributed by atoms with E-state index in [2.05, 4.69) is 57.5 Å². The van der Waals surface area contributed by atoms with Crippen LogP contribution in [-0.4, -0.2) is 67.0 Å². The van der Waals surface area contributed by atoms with Crippen molar-refractivity contribution in [3.05, 3.63) is 52.8 Å². The van der Waals surface area contributed by atoms with Crippen LogP contribution in [0.1, 0.15) is 41.2 Å². The maximum atomic E-state index is 12.3. The zero-order valence-electron chi connectivity index (χ0n) is 19.5. The zero-order valence-corrected chi connectivity index (χ0v) is 19.5. The van der Waals surface area contributed by atoms with Crippen molar-refractivity contribution in [3.63, 3.8) is 0 Å². The Morgan fingerprint density at radius 3 is 2.53 bits per heavy atom. The quantitative estimate of drug-likeness (QED) is 0.770. The van der Waals surface area contributed by atoms with Crippen LogP contribution >= 0.6 is 0 Å². The molecule has 0 spiro atoms. The van der Waals surface area contributed by atoms with Crippen LogP contribution in [0.25, 0.3) is 0 Å². The molecule has 32 heavy (non-hydrogen) atoms. The number of anilines is 2. The standard InChI is InChI=1S/C24H32N6O2/c1-16-21(9-8-19(26-16)22(31)25-4)30-12-10-29(11-13-30)15-17-6-7-18-20(14-17)27-23(32)28(5)24(18,2)3/h6-9,14H,10-13,15H2,1-5H3,(H,25,31)(H,27,32). The molecule has 1 aromatic carbocycles. The van der Waals surface area contributed by atoms with Crippen LogP contribution in [0, 0.1) is 6.92 Å². The van der Waals surface area contributed by atoms with Gasteiger partial charge in [0.25, 0.3) is 5.91 Å². The van der Waals surface area contributed by atoms with E-state index in [1.165, 1.54) is 5.56 Å². The number of fused-ring (bicyclic) bond motifs is 1. The molecule has 0 unspecified atom stereocenters. The fourth-order valence-corrected chi connectivity index (χ4v) is 4.51. The van der Waals surface area contributed by atoms with Gasteiger partial charge in [-0.2, -0.15) is 0 Å². The van der Waals surface area contributed by atoms with Crippen molar-refractivity contribution in [1.82, 2.24) is 20.1 Å². The van der Waals surface area contributed by atoms with Crippen LogP contribution in [0.15, 0.2) is 30.3 Å². The summed E-state index contributed by atoms with van der Waals surface area (Å²) in [4.78, 5) is 35.1. The molecule has 0 aliphatic carbocycles. The van der Waals surface area contributed by atoms with Gasteiger partial charge in [-0.25, -0.2) is 9.78 Å². The monoisotopic (exact) mass is 436 g/mol. The van der Waals surface area contributed by atoms with E-state index in [1.807, 2.05) is 20.0 Å². The van der Waals surface area contributed by atoms with Crippen molar-refractivity contribution in [1.29, 1.82) is 0 Å². The summed E-state index contributed by atoms with van der Waals surface area (Å²) in [5.74, 6) is -0.166. The van der Waals surface area contributed by atoms with E-state index in [1.54, 1.807) is 18.0 Å². The molecule has 1 fully saturated rings. The molecule has 8 heteroatoms. The Bertz CT molecular complexity index is 1040. The molecule has 1 saturated heterocycles. The highest BCUT2D eigenvalue weighted by Crippen LogP contribution is 2.37. The normalized spacial score (nSPS) is 18.2. The number of urea groups is 1. The van der Waals surface area contributed by atoms with E-state index in [-0.39, 0.29) is 17.5 Å². The molecule has 3 amide bonds. The van der Waals surface area contributed by atoms with Crippen molar-refractivity contribution < 1.29 is 9.59 Å². The molecule has 0 saturated carbocycles. The zero-order chi connectivity index (χ0) is 23.0. The number of aryl methyl sites for hydroxylation is 1. The lowest BCUT2D eigenvalue weighted by atomic mass is 9.88. The maximum absolute atomic E-state index is 12.3. The summed E-state index contributed by atoms with van der Waals surface area (Å²) in [6.07, 6.45) is 0. The second-order valence-electron chi connectivity index (χ2n) is 9.07. The van der Waals surface area contributed by atoms with Crippen LogP contribution < -0.4 is 15.5 Å². The Morgan fingerprint density at radius 2 is 1.88 bits per heavy atom. The fourth-order valence-electron chi connectivity index (χ4n) is 4.51. The summed E-state index contributed by atoms with van der Waals surface area (Å²) >= 11 is 0. The largest absolute Gasteiger partial charge is 0.368 e. The molecule has 1 aromatic heterocycles. The highest BCUT2D eigenvalue weighted by Gasteiger charge is 2.36. The number of pyridine rings is 1. The van der Waals surface area contributed by atoms with E-state index in [0.29, 0.717) is 5.69 Å². The Morgan fingerprint density at radius 1 is 1.16 bits per heavy atom. The highest BCUT2D eigenvalue weighted by atomic mass is 16.2. The Balaban J connectivity index is 1.40. The fraction of sp³-hybridized carbons (Fsp3) is 0.458. The first-order valence-corrected chi connectivity index (χ1v) is 11.1. The SMILES string of the molecule is CNC(=O)c1ccc(N2CCN(Cc3ccc4c(c3)NC(=O)N(C)C4(C)C)CC2)c(C)n1. The summed E-state index contributed by atoms with van der Waals surface area (Å²) in [5.41, 5.74) is 5.31. The van der Waals surface area contributed by atoms with E-state index in [4.69, 9.17) is 0 Å². The number of piperazine rings is 1.